The van der Waals surface area contributed by atoms with Crippen LogP contribution in [0.2, 0.25) is 0 Å². The molecule has 1 amide bonds. The average molecular weight is 398 g/mol. The second-order valence-corrected chi connectivity index (χ2v) is 6.39. The highest BCUT2D eigenvalue weighted by molar-refractivity contribution is 5.97. The minimum atomic E-state index is -1.03. The number of aliphatic carboxylic acids is 1. The molecule has 0 bridgehead atoms. The van der Waals surface area contributed by atoms with Gasteiger partial charge in [-0.2, -0.15) is 0 Å². The van der Waals surface area contributed by atoms with Crippen LogP contribution in [0.3, 0.4) is 0 Å². The van der Waals surface area contributed by atoms with Crippen molar-refractivity contribution in [2.75, 3.05) is 31.3 Å². The number of hydrogen-bond donors (Lipinski definition) is 2. The van der Waals surface area contributed by atoms with Crippen LogP contribution in [0.25, 0.3) is 5.70 Å². The van der Waals surface area contributed by atoms with Gasteiger partial charge in [0.05, 0.1) is 24.5 Å². The summed E-state index contributed by atoms with van der Waals surface area (Å²) in [4.78, 5) is 29.8. The molecule has 1 aliphatic rings. The number of fused-ring (bicyclic) bond motifs is 1. The van der Waals surface area contributed by atoms with Crippen molar-refractivity contribution in [3.8, 4) is 11.5 Å². The first kappa shape index (κ1) is 20.2. The van der Waals surface area contributed by atoms with Gasteiger partial charge in [-0.3, -0.25) is 15.1 Å². The van der Waals surface area contributed by atoms with E-state index in [4.69, 9.17) is 19.4 Å². The summed E-state index contributed by atoms with van der Waals surface area (Å²) >= 11 is 0. The van der Waals surface area contributed by atoms with Crippen LogP contribution in [-0.2, 0) is 14.4 Å². The predicted octanol–water partition coefficient (Wildman–Crippen LogP) is 2.38. The van der Waals surface area contributed by atoms with Crippen molar-refractivity contribution in [2.24, 2.45) is 0 Å². The molecule has 1 aliphatic heterocycles. The molecular weight excluding hydrogens is 376 g/mol. The predicted molar refractivity (Wildman–Crippen MR) is 107 cm³/mol. The number of carbonyl (C=O) groups is 2. The van der Waals surface area contributed by atoms with E-state index in [9.17, 15) is 9.59 Å². The summed E-state index contributed by atoms with van der Waals surface area (Å²) in [6, 6.07) is 12.6. The molecule has 0 fully saturated rings. The highest BCUT2D eigenvalue weighted by Gasteiger charge is 2.24. The van der Waals surface area contributed by atoms with E-state index < -0.39 is 12.6 Å². The van der Waals surface area contributed by atoms with Crippen molar-refractivity contribution in [2.45, 2.75) is 6.92 Å². The maximum absolute atomic E-state index is 12.1. The van der Waals surface area contributed by atoms with E-state index in [1.807, 2.05) is 37.3 Å². The van der Waals surface area contributed by atoms with Crippen molar-refractivity contribution >= 4 is 23.3 Å². The molecule has 3 rings (SSSR count). The number of rotatable bonds is 9. The van der Waals surface area contributed by atoms with E-state index in [1.54, 1.807) is 17.0 Å². The topological polar surface area (TPSA) is 97.3 Å². The Balaban J connectivity index is 1.51. The van der Waals surface area contributed by atoms with E-state index in [1.165, 1.54) is 0 Å². The highest BCUT2D eigenvalue weighted by Crippen LogP contribution is 2.31. The number of nitrogens with zero attached hydrogens (tertiary/aromatic N) is 1. The van der Waals surface area contributed by atoms with Crippen LogP contribution >= 0.6 is 0 Å². The average Bonchev–Trinajstić information content (AvgIpc) is 2.71. The molecule has 0 atom stereocenters. The van der Waals surface area contributed by atoms with Crippen molar-refractivity contribution in [3.63, 3.8) is 0 Å². The Hall–Kier alpha value is -3.52. The van der Waals surface area contributed by atoms with E-state index in [2.05, 4.69) is 12.1 Å². The molecule has 8 nitrogen and oxygen atoms in total. The molecule has 1 heterocycles. The van der Waals surface area contributed by atoms with Gasteiger partial charge in [-0.15, -0.1) is 0 Å². The van der Waals surface area contributed by atoms with Crippen molar-refractivity contribution < 1.29 is 29.0 Å². The number of amides is 1. The van der Waals surface area contributed by atoms with Gasteiger partial charge in [-0.25, -0.2) is 4.79 Å². The van der Waals surface area contributed by atoms with E-state index >= 15 is 0 Å². The molecule has 2 aromatic rings. The fourth-order valence-corrected chi connectivity index (χ4v) is 2.87. The number of carboxylic acids is 1. The number of ether oxygens (including phenoxy) is 2. The van der Waals surface area contributed by atoms with Crippen LogP contribution in [-0.4, -0.2) is 43.3 Å². The third-order valence-electron chi connectivity index (χ3n) is 4.30. The normalized spacial score (nSPS) is 12.7. The van der Waals surface area contributed by atoms with Crippen LogP contribution in [0.4, 0.5) is 5.69 Å². The Morgan fingerprint density at radius 1 is 1.31 bits per heavy atom. The summed E-state index contributed by atoms with van der Waals surface area (Å²) in [7, 11) is 0. The zero-order chi connectivity index (χ0) is 20.8. The van der Waals surface area contributed by atoms with Crippen LogP contribution < -0.4 is 19.9 Å². The molecule has 0 spiro atoms. The highest BCUT2D eigenvalue weighted by atomic mass is 16.6. The molecule has 2 N–H and O–H groups in total. The standard InChI is InChI=1S/C21H22N2O6/c1-14-11-16(7-8-18(14)28-13-21(25)26)15(2)22-29-10-9-23-17-5-3-4-6-19(17)27-12-20(23)24/h3-8,11,22H,2,9-10,12-13H2,1H3,(H,25,26). The van der Waals surface area contributed by atoms with Crippen molar-refractivity contribution in [1.29, 1.82) is 0 Å². The van der Waals surface area contributed by atoms with E-state index in [-0.39, 0.29) is 19.1 Å². The monoisotopic (exact) mass is 398 g/mol. The molecule has 0 unspecified atom stereocenters. The van der Waals surface area contributed by atoms with Crippen molar-refractivity contribution in [3.05, 3.63) is 60.2 Å². The molecule has 152 valence electrons. The van der Waals surface area contributed by atoms with Gasteiger partial charge in [0.25, 0.3) is 5.91 Å². The number of aryl methyl sites for hydroxylation is 1. The third kappa shape index (κ3) is 5.05. The molecule has 8 heteroatoms. The second kappa shape index (κ2) is 9.11. The van der Waals surface area contributed by atoms with Crippen molar-refractivity contribution in [1.82, 2.24) is 5.48 Å². The Labute approximate surface area is 168 Å². The van der Waals surface area contributed by atoms with Gasteiger partial charge in [0.15, 0.2) is 13.2 Å². The smallest absolute Gasteiger partial charge is 0.341 e. The molecule has 0 aliphatic carbocycles. The number of hydroxylamine groups is 1. The molecule has 0 radical (unpaired) electrons. The lowest BCUT2D eigenvalue weighted by atomic mass is 10.1. The Morgan fingerprint density at radius 3 is 2.86 bits per heavy atom. The number of para-hydroxylation sites is 2. The second-order valence-electron chi connectivity index (χ2n) is 6.39. The minimum Gasteiger partial charge on any atom is -0.482 e. The lowest BCUT2D eigenvalue weighted by Gasteiger charge is -2.29. The summed E-state index contributed by atoms with van der Waals surface area (Å²) in [5.74, 6) is 0.00698. The number of nitrogens with one attached hydrogen (secondary N) is 1. The fraction of sp³-hybridized carbons (Fsp3) is 0.238. The molecule has 0 aromatic heterocycles. The largest absolute Gasteiger partial charge is 0.482 e. The number of benzene rings is 2. The zero-order valence-electron chi connectivity index (χ0n) is 16.0. The maximum atomic E-state index is 12.1. The minimum absolute atomic E-state index is 0.00667. The number of carbonyl (C=O) groups excluding carboxylic acids is 1. The first-order valence-electron chi connectivity index (χ1n) is 9.00. The Bertz CT molecular complexity index is 927. The SMILES string of the molecule is C=C(NOCCN1C(=O)COc2ccccc21)c1ccc(OCC(=O)O)c(C)c1. The first-order chi connectivity index (χ1) is 14.0. The van der Waals surface area contributed by atoms with Gasteiger partial charge in [0.1, 0.15) is 11.5 Å². The van der Waals surface area contributed by atoms with Gasteiger partial charge in [0, 0.05) is 0 Å². The quantitative estimate of drug-likeness (QED) is 0.494. The lowest BCUT2D eigenvalue weighted by molar-refractivity contribution is -0.139. The van der Waals surface area contributed by atoms with Crippen LogP contribution in [0.15, 0.2) is 49.0 Å². The summed E-state index contributed by atoms with van der Waals surface area (Å²) in [6.45, 7) is 5.97. The zero-order valence-corrected chi connectivity index (χ0v) is 16.0. The van der Waals surface area contributed by atoms with Gasteiger partial charge in [-0.05, 0) is 48.4 Å². The Kier molecular flexibility index (Phi) is 6.36. The molecule has 0 saturated heterocycles. The fourth-order valence-electron chi connectivity index (χ4n) is 2.87. The summed E-state index contributed by atoms with van der Waals surface area (Å²) < 4.78 is 10.6. The number of anilines is 1. The van der Waals surface area contributed by atoms with E-state index in [0.717, 1.165) is 16.8 Å². The van der Waals surface area contributed by atoms with Gasteiger partial charge in [-0.1, -0.05) is 18.7 Å². The number of carboxylic acid groups (broad SMARTS) is 1. The van der Waals surface area contributed by atoms with Gasteiger partial charge < -0.3 is 19.5 Å². The van der Waals surface area contributed by atoms with E-state index in [0.29, 0.717) is 23.7 Å². The lowest BCUT2D eigenvalue weighted by Crippen LogP contribution is -2.41. The summed E-state index contributed by atoms with van der Waals surface area (Å²) in [5, 5.41) is 8.70. The first-order valence-corrected chi connectivity index (χ1v) is 9.00. The molecular formula is C21H22N2O6. The van der Waals surface area contributed by atoms with Crippen LogP contribution in [0.1, 0.15) is 11.1 Å². The number of hydrogen-bond acceptors (Lipinski definition) is 6. The molecule has 29 heavy (non-hydrogen) atoms. The maximum Gasteiger partial charge on any atom is 0.341 e. The van der Waals surface area contributed by atoms with Gasteiger partial charge >= 0.3 is 5.97 Å². The Morgan fingerprint density at radius 2 is 2.10 bits per heavy atom. The van der Waals surface area contributed by atoms with Crippen LogP contribution in [0.5, 0.6) is 11.5 Å². The van der Waals surface area contributed by atoms with Gasteiger partial charge in [0.2, 0.25) is 0 Å². The van der Waals surface area contributed by atoms with Crippen LogP contribution in [0, 0.1) is 6.92 Å². The summed E-state index contributed by atoms with van der Waals surface area (Å²) in [6.07, 6.45) is 0. The summed E-state index contributed by atoms with van der Waals surface area (Å²) in [5.41, 5.74) is 5.59. The molecule has 0 saturated carbocycles. The third-order valence-corrected chi connectivity index (χ3v) is 4.30. The molecule has 2 aromatic carbocycles.